The van der Waals surface area contributed by atoms with Crippen LogP contribution in [0.4, 0.5) is 0 Å². The lowest BCUT2D eigenvalue weighted by molar-refractivity contribution is -0.171. The molecular formula is C5H9NO3. The molecule has 0 amide bonds. The average molecular weight is 131 g/mol. The number of ether oxygens (including phenoxy) is 1. The minimum Gasteiger partial charge on any atom is -0.424 e. The van der Waals surface area contributed by atoms with Crippen LogP contribution in [0, 0.1) is 0 Å². The third-order valence-electron chi connectivity index (χ3n) is 0.555. The van der Waals surface area contributed by atoms with Crippen molar-refractivity contribution in [1.29, 1.82) is 0 Å². The van der Waals surface area contributed by atoms with Crippen molar-refractivity contribution in [1.82, 2.24) is 0 Å². The smallest absolute Gasteiger partial charge is 0.305 e. The maximum atomic E-state index is 10.2. The molecule has 1 unspecified atom stereocenters. The Morgan fingerprint density at radius 3 is 2.67 bits per heavy atom. The van der Waals surface area contributed by atoms with E-state index in [1.54, 1.807) is 6.92 Å². The normalized spacial score (nSPS) is 11.8. The molecule has 4 heteroatoms. The van der Waals surface area contributed by atoms with Gasteiger partial charge in [0.1, 0.15) is 0 Å². The molecule has 0 radical (unpaired) electrons. The molecule has 0 aliphatic heterocycles. The zero-order valence-corrected chi connectivity index (χ0v) is 5.46. The molecule has 4 nitrogen and oxygen atoms in total. The highest BCUT2D eigenvalue weighted by molar-refractivity contribution is 5.65. The maximum Gasteiger partial charge on any atom is 0.305 e. The molecule has 52 valence electrons. The molecule has 0 fully saturated rings. The van der Waals surface area contributed by atoms with Gasteiger partial charge in [-0.1, -0.05) is 5.16 Å². The first-order valence-electron chi connectivity index (χ1n) is 2.46. The van der Waals surface area contributed by atoms with Crippen molar-refractivity contribution in [2.24, 2.45) is 5.16 Å². The van der Waals surface area contributed by atoms with Crippen LogP contribution in [-0.2, 0) is 14.4 Å². The summed E-state index contributed by atoms with van der Waals surface area (Å²) in [6.07, 6.45) is -0.639. The number of esters is 1. The first kappa shape index (κ1) is 7.94. The van der Waals surface area contributed by atoms with E-state index in [0.29, 0.717) is 0 Å². The van der Waals surface area contributed by atoms with E-state index in [1.807, 2.05) is 0 Å². The van der Waals surface area contributed by atoms with E-state index in [0.717, 1.165) is 0 Å². The van der Waals surface area contributed by atoms with Crippen LogP contribution in [0.15, 0.2) is 5.16 Å². The Balaban J connectivity index is 3.37. The van der Waals surface area contributed by atoms with Crippen LogP contribution < -0.4 is 0 Å². The molecule has 0 rings (SSSR count). The second kappa shape index (κ2) is 3.88. The lowest BCUT2D eigenvalue weighted by Crippen LogP contribution is -2.12. The molecule has 0 saturated carbocycles. The fourth-order valence-electron chi connectivity index (χ4n) is 0.360. The van der Waals surface area contributed by atoms with Crippen molar-refractivity contribution >= 4 is 12.7 Å². The maximum absolute atomic E-state index is 10.2. The predicted octanol–water partition coefficient (Wildman–Crippen LogP) is 0.528. The van der Waals surface area contributed by atoms with Gasteiger partial charge >= 0.3 is 5.97 Å². The Hall–Kier alpha value is -1.06. The molecule has 0 aliphatic rings. The van der Waals surface area contributed by atoms with Gasteiger partial charge in [0.15, 0.2) is 0 Å². The van der Waals surface area contributed by atoms with Crippen LogP contribution in [-0.4, -0.2) is 19.0 Å². The lowest BCUT2D eigenvalue weighted by Gasteiger charge is -2.07. The number of hydrogen-bond donors (Lipinski definition) is 0. The SMILES string of the molecule is C=NOC(C)OC(C)=O. The Bertz CT molecular complexity index is 113. The van der Waals surface area contributed by atoms with Crippen LogP contribution in [0.25, 0.3) is 0 Å². The highest BCUT2D eigenvalue weighted by Gasteiger charge is 2.02. The van der Waals surface area contributed by atoms with Crippen molar-refractivity contribution in [3.63, 3.8) is 0 Å². The fourth-order valence-corrected chi connectivity index (χ4v) is 0.360. The van der Waals surface area contributed by atoms with Crippen molar-refractivity contribution in [2.75, 3.05) is 0 Å². The zero-order valence-electron chi connectivity index (χ0n) is 5.46. The number of carbonyl (C=O) groups excluding carboxylic acids is 1. The van der Waals surface area contributed by atoms with Gasteiger partial charge in [0, 0.05) is 20.6 Å². The van der Waals surface area contributed by atoms with Crippen LogP contribution in [0.2, 0.25) is 0 Å². The van der Waals surface area contributed by atoms with Crippen LogP contribution >= 0.6 is 0 Å². The molecule has 0 N–H and O–H groups in total. The van der Waals surface area contributed by atoms with Gasteiger partial charge in [-0.25, -0.2) is 0 Å². The van der Waals surface area contributed by atoms with Crippen molar-refractivity contribution in [3.05, 3.63) is 0 Å². The topological polar surface area (TPSA) is 47.9 Å². The summed E-state index contributed by atoms with van der Waals surface area (Å²) in [7, 11) is 0. The Morgan fingerprint density at radius 2 is 2.33 bits per heavy atom. The third kappa shape index (κ3) is 4.80. The van der Waals surface area contributed by atoms with Gasteiger partial charge in [-0.3, -0.25) is 4.79 Å². The largest absolute Gasteiger partial charge is 0.424 e. The Labute approximate surface area is 53.4 Å². The van der Waals surface area contributed by atoms with E-state index in [9.17, 15) is 4.79 Å². The highest BCUT2D eigenvalue weighted by Crippen LogP contribution is 1.92. The van der Waals surface area contributed by atoms with Crippen molar-refractivity contribution in [2.45, 2.75) is 20.1 Å². The van der Waals surface area contributed by atoms with Crippen LogP contribution in [0.1, 0.15) is 13.8 Å². The minimum absolute atomic E-state index is 0.397. The molecule has 0 aromatic rings. The third-order valence-corrected chi connectivity index (χ3v) is 0.555. The first-order chi connectivity index (χ1) is 4.16. The van der Waals surface area contributed by atoms with Gasteiger partial charge in [-0.2, -0.15) is 0 Å². The van der Waals surface area contributed by atoms with E-state index < -0.39 is 12.3 Å². The molecule has 0 saturated heterocycles. The molecule has 0 aromatic carbocycles. The minimum atomic E-state index is -0.639. The summed E-state index contributed by atoms with van der Waals surface area (Å²) >= 11 is 0. The standard InChI is InChI=1S/C5H9NO3/c1-4(7)8-5(2)9-6-3/h5H,3H2,1-2H3. The van der Waals surface area contributed by atoms with Gasteiger partial charge in [0.2, 0.25) is 0 Å². The molecule has 0 bridgehead atoms. The summed E-state index contributed by atoms with van der Waals surface area (Å²) in [4.78, 5) is 14.6. The highest BCUT2D eigenvalue weighted by atomic mass is 16.8. The molecular weight excluding hydrogens is 122 g/mol. The van der Waals surface area contributed by atoms with E-state index >= 15 is 0 Å². The van der Waals surface area contributed by atoms with E-state index in [4.69, 9.17) is 0 Å². The average Bonchev–Trinajstić information content (AvgIpc) is 1.63. The number of hydrogen-bond acceptors (Lipinski definition) is 4. The zero-order chi connectivity index (χ0) is 7.28. The van der Waals surface area contributed by atoms with Crippen molar-refractivity contribution < 1.29 is 14.4 Å². The summed E-state index contributed by atoms with van der Waals surface area (Å²) < 4.78 is 4.50. The summed E-state index contributed by atoms with van der Waals surface area (Å²) in [5.74, 6) is -0.397. The summed E-state index contributed by atoms with van der Waals surface area (Å²) in [6.45, 7) is 5.89. The quantitative estimate of drug-likeness (QED) is 0.243. The number of oxime groups is 1. The van der Waals surface area contributed by atoms with Gasteiger partial charge in [-0.15, -0.1) is 0 Å². The predicted molar refractivity (Wildman–Crippen MR) is 31.9 cm³/mol. The lowest BCUT2D eigenvalue weighted by atomic mass is 10.7. The number of nitrogens with zero attached hydrogens (tertiary/aromatic N) is 1. The fraction of sp³-hybridized carbons (Fsp3) is 0.600. The van der Waals surface area contributed by atoms with Gasteiger partial charge in [0.05, 0.1) is 0 Å². The summed E-state index contributed by atoms with van der Waals surface area (Å²) in [5, 5.41) is 3.06. The first-order valence-corrected chi connectivity index (χ1v) is 2.46. The molecule has 0 heterocycles. The molecule has 0 aromatic heterocycles. The number of carbonyl (C=O) groups is 1. The van der Waals surface area contributed by atoms with Crippen LogP contribution in [0.5, 0.6) is 0 Å². The Morgan fingerprint density at radius 1 is 1.78 bits per heavy atom. The van der Waals surface area contributed by atoms with E-state index in [1.165, 1.54) is 6.92 Å². The van der Waals surface area contributed by atoms with Crippen LogP contribution in [0.3, 0.4) is 0 Å². The van der Waals surface area contributed by atoms with Gasteiger partial charge < -0.3 is 9.57 Å². The second-order valence-electron chi connectivity index (χ2n) is 1.41. The van der Waals surface area contributed by atoms with E-state index in [2.05, 4.69) is 21.4 Å². The molecule has 9 heavy (non-hydrogen) atoms. The second-order valence-corrected chi connectivity index (χ2v) is 1.41. The Kier molecular flexibility index (Phi) is 3.43. The summed E-state index contributed by atoms with van der Waals surface area (Å²) in [6, 6.07) is 0. The molecule has 0 spiro atoms. The van der Waals surface area contributed by atoms with Gasteiger partial charge in [0.25, 0.3) is 6.29 Å². The molecule has 1 atom stereocenters. The number of rotatable bonds is 3. The van der Waals surface area contributed by atoms with Gasteiger partial charge in [-0.05, 0) is 0 Å². The molecule has 0 aliphatic carbocycles. The summed E-state index contributed by atoms with van der Waals surface area (Å²) in [5.41, 5.74) is 0. The monoisotopic (exact) mass is 131 g/mol. The van der Waals surface area contributed by atoms with Crippen molar-refractivity contribution in [3.8, 4) is 0 Å². The van der Waals surface area contributed by atoms with E-state index in [-0.39, 0.29) is 0 Å².